The summed E-state index contributed by atoms with van der Waals surface area (Å²) in [5.41, 5.74) is 1.35. The van der Waals surface area contributed by atoms with E-state index in [1.54, 1.807) is 42.2 Å². The second-order valence-electron chi connectivity index (χ2n) is 6.15. The van der Waals surface area contributed by atoms with Gasteiger partial charge in [0.15, 0.2) is 0 Å². The summed E-state index contributed by atoms with van der Waals surface area (Å²) in [5, 5.41) is 0.886. The third kappa shape index (κ3) is 4.04. The number of rotatable bonds is 5. The fourth-order valence-corrected chi connectivity index (χ4v) is 4.74. The zero-order chi connectivity index (χ0) is 18.9. The highest BCUT2D eigenvalue weighted by molar-refractivity contribution is 7.89. The summed E-state index contributed by atoms with van der Waals surface area (Å²) in [7, 11) is -3.73. The van der Waals surface area contributed by atoms with Crippen LogP contribution in [-0.2, 0) is 14.8 Å². The number of sulfonamides is 1. The number of nitrogens with one attached hydrogen (secondary N) is 1. The normalized spacial score (nSPS) is 16.1. The van der Waals surface area contributed by atoms with Crippen LogP contribution >= 0.6 is 23.2 Å². The van der Waals surface area contributed by atoms with Gasteiger partial charge in [0.1, 0.15) is 0 Å². The topological polar surface area (TPSA) is 66.5 Å². The molecule has 1 amide bonds. The molecule has 1 fully saturated rings. The molecule has 1 aliphatic heterocycles. The van der Waals surface area contributed by atoms with Crippen LogP contribution < -0.4 is 9.62 Å². The molecule has 1 atom stereocenters. The van der Waals surface area contributed by atoms with Crippen LogP contribution in [0, 0.1) is 0 Å². The Morgan fingerprint density at radius 2 is 1.81 bits per heavy atom. The molecule has 1 heterocycles. The van der Waals surface area contributed by atoms with Crippen LogP contribution in [0.25, 0.3) is 0 Å². The SMILES string of the molecule is C[C@H](NS(=O)(=O)c1ccc(N2CCCC2=O)cc1)c1ccc(Cl)cc1Cl. The van der Waals surface area contributed by atoms with Gasteiger partial charge in [-0.2, -0.15) is 0 Å². The average molecular weight is 413 g/mol. The molecule has 2 aromatic rings. The summed E-state index contributed by atoms with van der Waals surface area (Å²) in [4.78, 5) is 13.6. The minimum absolute atomic E-state index is 0.0599. The van der Waals surface area contributed by atoms with Crippen LogP contribution in [0.15, 0.2) is 47.4 Å². The molecule has 0 bridgehead atoms. The number of carbonyl (C=O) groups excluding carboxylic acids is 1. The molecule has 1 aliphatic rings. The van der Waals surface area contributed by atoms with Crippen LogP contribution in [0.1, 0.15) is 31.4 Å². The second kappa shape index (κ2) is 7.56. The van der Waals surface area contributed by atoms with E-state index in [1.165, 1.54) is 12.1 Å². The Kier molecular flexibility index (Phi) is 5.58. The Bertz CT molecular complexity index is 930. The minimum atomic E-state index is -3.73. The highest BCUT2D eigenvalue weighted by Gasteiger charge is 2.23. The Morgan fingerprint density at radius 1 is 1.12 bits per heavy atom. The number of hydrogen-bond donors (Lipinski definition) is 1. The number of hydrogen-bond acceptors (Lipinski definition) is 3. The lowest BCUT2D eigenvalue weighted by Crippen LogP contribution is -2.27. The molecule has 0 unspecified atom stereocenters. The molecule has 5 nitrogen and oxygen atoms in total. The number of halogens is 2. The van der Waals surface area contributed by atoms with Gasteiger partial charge < -0.3 is 4.90 Å². The molecular weight excluding hydrogens is 395 g/mol. The lowest BCUT2D eigenvalue weighted by Gasteiger charge is -2.18. The van der Waals surface area contributed by atoms with Gasteiger partial charge in [0.05, 0.1) is 4.90 Å². The monoisotopic (exact) mass is 412 g/mol. The van der Waals surface area contributed by atoms with Gasteiger partial charge in [-0.1, -0.05) is 29.3 Å². The van der Waals surface area contributed by atoms with E-state index in [9.17, 15) is 13.2 Å². The molecule has 1 N–H and O–H groups in total. The molecule has 0 radical (unpaired) electrons. The molecular formula is C18H18Cl2N2O3S. The van der Waals surface area contributed by atoms with Crippen molar-refractivity contribution in [1.29, 1.82) is 0 Å². The first-order chi connectivity index (χ1) is 12.3. The van der Waals surface area contributed by atoms with Gasteiger partial charge in [0, 0.05) is 34.7 Å². The predicted octanol–water partition coefficient (Wildman–Crippen LogP) is 4.16. The van der Waals surface area contributed by atoms with E-state index in [4.69, 9.17) is 23.2 Å². The van der Waals surface area contributed by atoms with Crippen LogP contribution in [0.2, 0.25) is 10.0 Å². The minimum Gasteiger partial charge on any atom is -0.312 e. The standard InChI is InChI=1S/C18H18Cl2N2O3S/c1-12(16-9-4-13(19)11-17(16)20)21-26(24,25)15-7-5-14(6-8-15)22-10-2-3-18(22)23/h4-9,11-12,21H,2-3,10H2,1H3/t12-/m0/s1. The fraction of sp³-hybridized carbons (Fsp3) is 0.278. The van der Waals surface area contributed by atoms with Crippen LogP contribution in [0.3, 0.4) is 0 Å². The van der Waals surface area contributed by atoms with Gasteiger partial charge in [0.25, 0.3) is 0 Å². The number of carbonyl (C=O) groups is 1. The Balaban J connectivity index is 1.78. The fourth-order valence-electron chi connectivity index (χ4n) is 2.94. The summed E-state index contributed by atoms with van der Waals surface area (Å²) in [6.07, 6.45) is 1.35. The number of anilines is 1. The summed E-state index contributed by atoms with van der Waals surface area (Å²) in [5.74, 6) is 0.0599. The lowest BCUT2D eigenvalue weighted by molar-refractivity contribution is -0.117. The second-order valence-corrected chi connectivity index (χ2v) is 8.71. The molecule has 3 rings (SSSR count). The number of nitrogens with zero attached hydrogens (tertiary/aromatic N) is 1. The molecule has 0 spiro atoms. The van der Waals surface area contributed by atoms with Crippen molar-refractivity contribution in [2.45, 2.75) is 30.7 Å². The Morgan fingerprint density at radius 3 is 2.38 bits per heavy atom. The van der Waals surface area contributed by atoms with E-state index in [1.807, 2.05) is 0 Å². The summed E-state index contributed by atoms with van der Waals surface area (Å²) < 4.78 is 27.9. The highest BCUT2D eigenvalue weighted by atomic mass is 35.5. The first-order valence-corrected chi connectivity index (χ1v) is 10.4. The third-order valence-electron chi connectivity index (χ3n) is 4.29. The van der Waals surface area contributed by atoms with Gasteiger partial charge in [0.2, 0.25) is 15.9 Å². The number of benzene rings is 2. The summed E-state index contributed by atoms with van der Waals surface area (Å²) >= 11 is 12.0. The van der Waals surface area contributed by atoms with Crippen molar-refractivity contribution in [3.8, 4) is 0 Å². The van der Waals surface area contributed by atoms with Gasteiger partial charge in [-0.05, 0) is 55.3 Å². The van der Waals surface area contributed by atoms with Crippen molar-refractivity contribution in [3.63, 3.8) is 0 Å². The molecule has 0 aromatic heterocycles. The van der Waals surface area contributed by atoms with E-state index in [-0.39, 0.29) is 10.8 Å². The smallest absolute Gasteiger partial charge is 0.241 e. The van der Waals surface area contributed by atoms with Gasteiger partial charge >= 0.3 is 0 Å². The molecule has 1 saturated heterocycles. The molecule has 138 valence electrons. The highest BCUT2D eigenvalue weighted by Crippen LogP contribution is 2.28. The maximum atomic E-state index is 12.6. The summed E-state index contributed by atoms with van der Waals surface area (Å²) in [6.45, 7) is 2.37. The van der Waals surface area contributed by atoms with Crippen molar-refractivity contribution in [2.75, 3.05) is 11.4 Å². The Hall–Kier alpha value is -1.60. The van der Waals surface area contributed by atoms with Crippen molar-refractivity contribution < 1.29 is 13.2 Å². The van der Waals surface area contributed by atoms with E-state index < -0.39 is 16.1 Å². The van der Waals surface area contributed by atoms with E-state index >= 15 is 0 Å². The molecule has 8 heteroatoms. The maximum absolute atomic E-state index is 12.6. The molecule has 26 heavy (non-hydrogen) atoms. The summed E-state index contributed by atoms with van der Waals surface area (Å²) in [6, 6.07) is 10.7. The Labute approximate surface area is 163 Å². The third-order valence-corrected chi connectivity index (χ3v) is 6.41. The molecule has 0 aliphatic carbocycles. The maximum Gasteiger partial charge on any atom is 0.241 e. The van der Waals surface area contributed by atoms with E-state index in [0.717, 1.165) is 6.42 Å². The van der Waals surface area contributed by atoms with Crippen molar-refractivity contribution in [3.05, 3.63) is 58.1 Å². The van der Waals surface area contributed by atoms with Crippen molar-refractivity contribution in [1.82, 2.24) is 4.72 Å². The average Bonchev–Trinajstić information content (AvgIpc) is 3.00. The predicted molar refractivity (Wildman–Crippen MR) is 103 cm³/mol. The quantitative estimate of drug-likeness (QED) is 0.801. The zero-order valence-corrected chi connectivity index (χ0v) is 16.4. The zero-order valence-electron chi connectivity index (χ0n) is 14.1. The van der Waals surface area contributed by atoms with E-state index in [2.05, 4.69) is 4.72 Å². The van der Waals surface area contributed by atoms with Crippen LogP contribution in [0.5, 0.6) is 0 Å². The van der Waals surface area contributed by atoms with Gasteiger partial charge in [-0.25, -0.2) is 13.1 Å². The first-order valence-electron chi connectivity index (χ1n) is 8.15. The molecule has 2 aromatic carbocycles. The first kappa shape index (κ1) is 19.2. The van der Waals surface area contributed by atoms with Crippen molar-refractivity contribution >= 4 is 44.8 Å². The van der Waals surface area contributed by atoms with E-state index in [0.29, 0.717) is 34.3 Å². The van der Waals surface area contributed by atoms with Crippen LogP contribution in [-0.4, -0.2) is 20.9 Å². The number of amides is 1. The largest absolute Gasteiger partial charge is 0.312 e. The van der Waals surface area contributed by atoms with Crippen LogP contribution in [0.4, 0.5) is 5.69 Å². The molecule has 0 saturated carbocycles. The van der Waals surface area contributed by atoms with Crippen molar-refractivity contribution in [2.24, 2.45) is 0 Å². The lowest BCUT2D eigenvalue weighted by atomic mass is 10.1. The van der Waals surface area contributed by atoms with Gasteiger partial charge in [-0.3, -0.25) is 4.79 Å². The van der Waals surface area contributed by atoms with Gasteiger partial charge in [-0.15, -0.1) is 0 Å².